The van der Waals surface area contributed by atoms with Gasteiger partial charge < -0.3 is 33.9 Å². The van der Waals surface area contributed by atoms with Crippen molar-refractivity contribution in [1.29, 1.82) is 0 Å². The molecule has 12 nitrogen and oxygen atoms in total. The molecule has 12 heteroatoms. The number of hydrogen-bond acceptors (Lipinski definition) is 12. The van der Waals surface area contributed by atoms with Gasteiger partial charge in [-0.05, 0) is 64.0 Å². The topological polar surface area (TPSA) is 172 Å². The molecule has 0 aliphatic carbocycles. The van der Waals surface area contributed by atoms with Crippen LogP contribution in [0.4, 0.5) is 0 Å². The molecule has 268 valence electrons. The van der Waals surface area contributed by atoms with Gasteiger partial charge in [0.05, 0.1) is 13.2 Å². The molecular weight excluding hydrogens is 624 g/mol. The zero-order chi connectivity index (χ0) is 34.9. The average Bonchev–Trinajstić information content (AvgIpc) is 3.33. The average molecular weight is 677 g/mol. The summed E-state index contributed by atoms with van der Waals surface area (Å²) in [7, 11) is 0. The van der Waals surface area contributed by atoms with Gasteiger partial charge in [0, 0.05) is 19.4 Å². The zero-order valence-electron chi connectivity index (χ0n) is 27.5. The van der Waals surface area contributed by atoms with Crippen molar-refractivity contribution >= 4 is 29.8 Å². The lowest BCUT2D eigenvalue weighted by molar-refractivity contribution is -0.191. The van der Waals surface area contributed by atoms with E-state index in [1.165, 1.54) is 20.8 Å². The molecule has 2 aliphatic heterocycles. The van der Waals surface area contributed by atoms with E-state index in [1.807, 2.05) is 60.7 Å². The van der Waals surface area contributed by atoms with Crippen LogP contribution in [0.5, 0.6) is 0 Å². The molecule has 2 N–H and O–H groups in total. The molecule has 3 atom stereocenters. The predicted octanol–water partition coefficient (Wildman–Crippen LogP) is 5.00. The van der Waals surface area contributed by atoms with E-state index in [4.69, 9.17) is 24.4 Å². The lowest BCUT2D eigenvalue weighted by atomic mass is 10.2. The highest BCUT2D eigenvalue weighted by Gasteiger charge is 2.32. The fraction of sp³-hybridized carbons (Fsp3) is 0.528. The van der Waals surface area contributed by atoms with Crippen LogP contribution in [0.2, 0.25) is 0 Å². The first kappa shape index (κ1) is 43.7. The highest BCUT2D eigenvalue weighted by Crippen LogP contribution is 2.09. The van der Waals surface area contributed by atoms with Crippen molar-refractivity contribution in [2.24, 2.45) is 0 Å². The quantitative estimate of drug-likeness (QED) is 0.196. The van der Waals surface area contributed by atoms with Crippen LogP contribution in [0.15, 0.2) is 60.7 Å². The summed E-state index contributed by atoms with van der Waals surface area (Å²) < 4.78 is 24.0. The fourth-order valence-corrected chi connectivity index (χ4v) is 3.73. The third-order valence-corrected chi connectivity index (χ3v) is 6.47. The molecule has 0 aromatic heterocycles. The lowest BCUT2D eigenvalue weighted by Gasteiger charge is -2.22. The van der Waals surface area contributed by atoms with Gasteiger partial charge in [0.25, 0.3) is 0 Å². The Morgan fingerprint density at radius 3 is 1.90 bits per heavy atom. The number of aliphatic hydroxyl groups excluding tert-OH is 2. The van der Waals surface area contributed by atoms with Crippen LogP contribution in [0.1, 0.15) is 90.7 Å². The second kappa shape index (κ2) is 26.7. The number of esters is 5. The molecule has 0 amide bonds. The zero-order valence-corrected chi connectivity index (χ0v) is 27.5. The molecule has 2 heterocycles. The predicted molar refractivity (Wildman–Crippen MR) is 177 cm³/mol. The Kier molecular flexibility index (Phi) is 24.4. The van der Waals surface area contributed by atoms with Crippen LogP contribution in [0.3, 0.4) is 0 Å². The smallest absolute Gasteiger partial charge is 0.347 e. The number of carbonyl (C=O) groups excluding carboxylic acids is 5. The van der Waals surface area contributed by atoms with E-state index in [-0.39, 0.29) is 39.6 Å². The van der Waals surface area contributed by atoms with Gasteiger partial charge in [-0.1, -0.05) is 74.5 Å². The van der Waals surface area contributed by atoms with Crippen molar-refractivity contribution in [3.63, 3.8) is 0 Å². The Morgan fingerprint density at radius 2 is 1.38 bits per heavy atom. The molecule has 2 aromatic carbocycles. The Labute approximate surface area is 283 Å². The summed E-state index contributed by atoms with van der Waals surface area (Å²) in [5.41, 5.74) is 1.85. The monoisotopic (exact) mass is 676 g/mol. The van der Waals surface area contributed by atoms with Gasteiger partial charge in [0.15, 0.2) is 18.3 Å². The highest BCUT2D eigenvalue weighted by molar-refractivity contribution is 5.86. The molecule has 4 rings (SSSR count). The van der Waals surface area contributed by atoms with Crippen molar-refractivity contribution in [2.75, 3.05) is 13.2 Å². The third-order valence-electron chi connectivity index (χ3n) is 6.47. The van der Waals surface area contributed by atoms with E-state index < -0.39 is 42.2 Å². The van der Waals surface area contributed by atoms with Crippen LogP contribution < -0.4 is 0 Å². The van der Waals surface area contributed by atoms with Gasteiger partial charge in [0.2, 0.25) is 0 Å². The van der Waals surface area contributed by atoms with Gasteiger partial charge in [-0.2, -0.15) is 0 Å². The SMILES string of the molecule is C.CC(OC(=O)CCCCCO)C(=O)OCc1ccccc1.CC1OC(=O)C(C)OC1=O.O=C1CCCCCO1.OCc1ccccc1. The fourth-order valence-electron chi connectivity index (χ4n) is 3.73. The molecule has 0 bridgehead atoms. The van der Waals surface area contributed by atoms with Gasteiger partial charge in [0.1, 0.15) is 6.61 Å². The number of ether oxygens (including phenoxy) is 5. The van der Waals surface area contributed by atoms with Crippen LogP contribution in [-0.2, 0) is 60.9 Å². The standard InChI is InChI=1S/C16H22O5.C7H8O.C6H8O4.C6H10O2.CH4/c1-13(21-15(18)10-6-3-7-11-17)16(19)20-12-14-8-4-2-5-9-14;8-6-7-4-2-1-3-5-7;1-3-5(7)10-4(2)6(8)9-3;7-6-4-2-1-3-5-8-6;/h2,4-5,8-9,13,17H,3,6-7,10-12H2,1H3;1-5,8H,6H2;3-4H,1-2H3;1-5H2;1H4. The maximum Gasteiger partial charge on any atom is 0.347 e. The summed E-state index contributed by atoms with van der Waals surface area (Å²) in [6, 6.07) is 18.8. The highest BCUT2D eigenvalue weighted by atomic mass is 16.6. The van der Waals surface area contributed by atoms with E-state index in [2.05, 4.69) is 9.47 Å². The lowest BCUT2D eigenvalue weighted by Crippen LogP contribution is -2.40. The Bertz CT molecular complexity index is 1160. The number of cyclic esters (lactones) is 3. The van der Waals surface area contributed by atoms with Crippen LogP contribution in [0, 0.1) is 0 Å². The molecule has 3 unspecified atom stereocenters. The largest absolute Gasteiger partial charge is 0.466 e. The minimum Gasteiger partial charge on any atom is -0.466 e. The third kappa shape index (κ3) is 20.8. The number of unbranched alkanes of at least 4 members (excludes halogenated alkanes) is 2. The molecular formula is C36H52O12. The Balaban J connectivity index is 0.000000677. The Morgan fingerprint density at radius 1 is 0.812 bits per heavy atom. The van der Waals surface area contributed by atoms with E-state index in [9.17, 15) is 24.0 Å². The molecule has 0 radical (unpaired) electrons. The minimum atomic E-state index is -0.904. The molecule has 2 fully saturated rings. The summed E-state index contributed by atoms with van der Waals surface area (Å²) in [6.07, 6.45) is 3.75. The maximum absolute atomic E-state index is 11.7. The molecule has 2 saturated heterocycles. The number of carbonyl (C=O) groups is 5. The van der Waals surface area contributed by atoms with Gasteiger partial charge in [-0.3, -0.25) is 9.59 Å². The van der Waals surface area contributed by atoms with Gasteiger partial charge in [-0.15, -0.1) is 0 Å². The summed E-state index contributed by atoms with van der Waals surface area (Å²) in [5, 5.41) is 17.2. The number of benzene rings is 2. The molecule has 48 heavy (non-hydrogen) atoms. The van der Waals surface area contributed by atoms with E-state index >= 15 is 0 Å². The summed E-state index contributed by atoms with van der Waals surface area (Å²) in [4.78, 5) is 55.0. The molecule has 2 aromatic rings. The molecule has 2 aliphatic rings. The van der Waals surface area contributed by atoms with Crippen molar-refractivity contribution in [1.82, 2.24) is 0 Å². The van der Waals surface area contributed by atoms with E-state index in [0.29, 0.717) is 25.9 Å². The van der Waals surface area contributed by atoms with Crippen LogP contribution in [0.25, 0.3) is 0 Å². The van der Waals surface area contributed by atoms with Gasteiger partial charge in [-0.25, -0.2) is 14.4 Å². The second-order valence-corrected chi connectivity index (χ2v) is 10.6. The second-order valence-electron chi connectivity index (χ2n) is 10.6. The number of hydrogen-bond donors (Lipinski definition) is 2. The van der Waals surface area contributed by atoms with Crippen molar-refractivity contribution < 1.29 is 57.9 Å². The van der Waals surface area contributed by atoms with E-state index in [1.54, 1.807) is 0 Å². The summed E-state index contributed by atoms with van der Waals surface area (Å²) in [6.45, 7) is 5.52. The maximum atomic E-state index is 11.7. The minimum absolute atomic E-state index is 0. The summed E-state index contributed by atoms with van der Waals surface area (Å²) >= 11 is 0. The first-order chi connectivity index (χ1) is 22.6. The van der Waals surface area contributed by atoms with Gasteiger partial charge >= 0.3 is 29.8 Å². The normalized spacial score (nSPS) is 17.1. The first-order valence-electron chi connectivity index (χ1n) is 15.8. The first-order valence-corrected chi connectivity index (χ1v) is 15.8. The number of aliphatic hydroxyl groups is 2. The Hall–Kier alpha value is -4.29. The number of rotatable bonds is 10. The van der Waals surface area contributed by atoms with Crippen molar-refractivity contribution in [2.45, 2.75) is 111 Å². The van der Waals surface area contributed by atoms with Crippen LogP contribution in [-0.4, -0.2) is 71.6 Å². The summed E-state index contributed by atoms with van der Waals surface area (Å²) in [5.74, 6) is -1.96. The van der Waals surface area contributed by atoms with Crippen molar-refractivity contribution in [3.8, 4) is 0 Å². The molecule has 0 saturated carbocycles. The molecule has 0 spiro atoms. The van der Waals surface area contributed by atoms with E-state index in [0.717, 1.165) is 36.8 Å². The van der Waals surface area contributed by atoms with Crippen LogP contribution >= 0.6 is 0 Å². The van der Waals surface area contributed by atoms with Crippen molar-refractivity contribution in [3.05, 3.63) is 71.8 Å².